The standard InChI is InChI=1S/C11H18N4O3S/c1-19(17,18)9-4-2-3-8(7-9)15-6-5-13-11(15)10(12)14-16/h5-6,8-9,16H,2-4,7H2,1H3,(H2,12,14). The largest absolute Gasteiger partial charge is 0.409 e. The molecule has 2 unspecified atom stereocenters. The summed E-state index contributed by atoms with van der Waals surface area (Å²) in [6.07, 6.45) is 7.53. The van der Waals surface area contributed by atoms with Crippen molar-refractivity contribution in [3.63, 3.8) is 0 Å². The number of rotatable bonds is 3. The topological polar surface area (TPSA) is 111 Å². The molecule has 106 valence electrons. The summed E-state index contributed by atoms with van der Waals surface area (Å²) in [5.74, 6) is 0.313. The fourth-order valence-electron chi connectivity index (χ4n) is 2.61. The van der Waals surface area contributed by atoms with E-state index in [9.17, 15) is 8.42 Å². The molecule has 1 aliphatic rings. The Labute approximate surface area is 112 Å². The lowest BCUT2D eigenvalue weighted by Gasteiger charge is -2.29. The first kappa shape index (κ1) is 13.9. The van der Waals surface area contributed by atoms with Gasteiger partial charge in [0.15, 0.2) is 5.82 Å². The van der Waals surface area contributed by atoms with Crippen LogP contribution in [0, 0.1) is 0 Å². The number of hydrogen-bond donors (Lipinski definition) is 2. The van der Waals surface area contributed by atoms with E-state index in [4.69, 9.17) is 10.9 Å². The number of nitrogens with two attached hydrogens (primary N) is 1. The first-order valence-electron chi connectivity index (χ1n) is 6.13. The molecule has 1 aromatic heterocycles. The van der Waals surface area contributed by atoms with E-state index in [-0.39, 0.29) is 17.1 Å². The quantitative estimate of drug-likeness (QED) is 0.364. The number of sulfone groups is 1. The molecule has 1 heterocycles. The molecule has 0 aromatic carbocycles. The molecule has 8 heteroatoms. The predicted molar refractivity (Wildman–Crippen MR) is 70.9 cm³/mol. The molecule has 0 amide bonds. The number of nitrogens with zero attached hydrogens (tertiary/aromatic N) is 3. The van der Waals surface area contributed by atoms with E-state index < -0.39 is 9.84 Å². The Morgan fingerprint density at radius 2 is 2.32 bits per heavy atom. The summed E-state index contributed by atoms with van der Waals surface area (Å²) < 4.78 is 25.1. The highest BCUT2D eigenvalue weighted by Crippen LogP contribution is 2.32. The van der Waals surface area contributed by atoms with Crippen molar-refractivity contribution >= 4 is 15.7 Å². The van der Waals surface area contributed by atoms with E-state index in [1.165, 1.54) is 6.26 Å². The third-order valence-corrected chi connectivity index (χ3v) is 5.24. The summed E-state index contributed by atoms with van der Waals surface area (Å²) in [6, 6.07) is 0.0197. The van der Waals surface area contributed by atoms with E-state index in [2.05, 4.69) is 10.1 Å². The molecule has 1 saturated carbocycles. The van der Waals surface area contributed by atoms with Crippen LogP contribution in [-0.4, -0.2) is 40.5 Å². The lowest BCUT2D eigenvalue weighted by atomic mass is 9.94. The summed E-state index contributed by atoms with van der Waals surface area (Å²) in [6.45, 7) is 0. The molecule has 2 rings (SSSR count). The molecular formula is C11H18N4O3S. The van der Waals surface area contributed by atoms with Gasteiger partial charge in [0.2, 0.25) is 5.84 Å². The van der Waals surface area contributed by atoms with Gasteiger partial charge in [-0.15, -0.1) is 0 Å². The molecule has 0 radical (unpaired) electrons. The number of oxime groups is 1. The first-order valence-corrected chi connectivity index (χ1v) is 8.08. The monoisotopic (exact) mass is 286 g/mol. The van der Waals surface area contributed by atoms with Gasteiger partial charge in [0.05, 0.1) is 5.25 Å². The van der Waals surface area contributed by atoms with Crippen LogP contribution in [0.25, 0.3) is 0 Å². The second-order valence-electron chi connectivity index (χ2n) is 4.92. The molecule has 1 aliphatic carbocycles. The fraction of sp³-hybridized carbons (Fsp3) is 0.636. The highest BCUT2D eigenvalue weighted by atomic mass is 32.2. The van der Waals surface area contributed by atoms with E-state index >= 15 is 0 Å². The molecule has 0 saturated heterocycles. The van der Waals surface area contributed by atoms with Crippen LogP contribution >= 0.6 is 0 Å². The molecule has 0 aliphatic heterocycles. The zero-order chi connectivity index (χ0) is 14.0. The van der Waals surface area contributed by atoms with Crippen molar-refractivity contribution in [2.75, 3.05) is 6.26 Å². The Hall–Kier alpha value is -1.57. The van der Waals surface area contributed by atoms with Gasteiger partial charge in [0, 0.05) is 24.7 Å². The Bertz CT molecular complexity index is 579. The zero-order valence-electron chi connectivity index (χ0n) is 10.7. The van der Waals surface area contributed by atoms with E-state index in [1.807, 2.05) is 0 Å². The maximum Gasteiger partial charge on any atom is 0.206 e. The van der Waals surface area contributed by atoms with Gasteiger partial charge >= 0.3 is 0 Å². The second kappa shape index (κ2) is 5.20. The van der Waals surface area contributed by atoms with Crippen molar-refractivity contribution in [2.24, 2.45) is 10.9 Å². The number of hydrogen-bond acceptors (Lipinski definition) is 5. The van der Waals surface area contributed by atoms with Gasteiger partial charge in [-0.2, -0.15) is 0 Å². The van der Waals surface area contributed by atoms with Crippen LogP contribution in [0.5, 0.6) is 0 Å². The summed E-state index contributed by atoms with van der Waals surface area (Å²) >= 11 is 0. The van der Waals surface area contributed by atoms with Crippen LogP contribution < -0.4 is 5.73 Å². The summed E-state index contributed by atoms with van der Waals surface area (Å²) in [5.41, 5.74) is 5.57. The van der Waals surface area contributed by atoms with Crippen LogP contribution in [0.15, 0.2) is 17.5 Å². The van der Waals surface area contributed by atoms with E-state index in [0.717, 1.165) is 12.8 Å². The lowest BCUT2D eigenvalue weighted by molar-refractivity contribution is 0.316. The lowest BCUT2D eigenvalue weighted by Crippen LogP contribution is -2.31. The zero-order valence-corrected chi connectivity index (χ0v) is 11.5. The van der Waals surface area contributed by atoms with Crippen molar-refractivity contribution in [3.05, 3.63) is 18.2 Å². The number of imidazole rings is 1. The van der Waals surface area contributed by atoms with Crippen LogP contribution in [0.1, 0.15) is 37.5 Å². The Morgan fingerprint density at radius 1 is 1.58 bits per heavy atom. The van der Waals surface area contributed by atoms with Gasteiger partial charge in [-0.3, -0.25) is 0 Å². The molecule has 0 spiro atoms. The van der Waals surface area contributed by atoms with Gasteiger partial charge in [0.25, 0.3) is 0 Å². The minimum atomic E-state index is -3.03. The van der Waals surface area contributed by atoms with Gasteiger partial charge in [0.1, 0.15) is 9.84 Å². The second-order valence-corrected chi connectivity index (χ2v) is 7.24. The molecule has 3 N–H and O–H groups in total. The molecule has 0 bridgehead atoms. The van der Waals surface area contributed by atoms with E-state index in [0.29, 0.717) is 18.7 Å². The summed E-state index contributed by atoms with van der Waals surface area (Å²) in [7, 11) is -3.03. The van der Waals surface area contributed by atoms with Crippen LogP contribution in [-0.2, 0) is 9.84 Å². The molecule has 19 heavy (non-hydrogen) atoms. The Balaban J connectivity index is 2.26. The van der Waals surface area contributed by atoms with Crippen molar-refractivity contribution in [1.82, 2.24) is 9.55 Å². The van der Waals surface area contributed by atoms with Gasteiger partial charge in [-0.25, -0.2) is 13.4 Å². The number of aromatic nitrogens is 2. The highest BCUT2D eigenvalue weighted by molar-refractivity contribution is 7.91. The Morgan fingerprint density at radius 3 is 2.95 bits per heavy atom. The third kappa shape index (κ3) is 2.89. The molecular weight excluding hydrogens is 268 g/mol. The van der Waals surface area contributed by atoms with E-state index in [1.54, 1.807) is 17.0 Å². The van der Waals surface area contributed by atoms with Crippen LogP contribution in [0.3, 0.4) is 0 Å². The Kier molecular flexibility index (Phi) is 3.79. The highest BCUT2D eigenvalue weighted by Gasteiger charge is 2.30. The maximum atomic E-state index is 11.7. The number of amidine groups is 1. The van der Waals surface area contributed by atoms with Gasteiger partial charge in [-0.05, 0) is 19.3 Å². The van der Waals surface area contributed by atoms with Gasteiger partial charge < -0.3 is 15.5 Å². The molecule has 1 fully saturated rings. The maximum absolute atomic E-state index is 11.7. The third-order valence-electron chi connectivity index (χ3n) is 3.60. The van der Waals surface area contributed by atoms with Crippen LogP contribution in [0.4, 0.5) is 0 Å². The fourth-order valence-corrected chi connectivity index (χ4v) is 3.78. The molecule has 1 aromatic rings. The summed E-state index contributed by atoms with van der Waals surface area (Å²) in [4.78, 5) is 4.05. The molecule has 7 nitrogen and oxygen atoms in total. The SMILES string of the molecule is CS(=O)(=O)C1CCCC(n2ccnc2C(N)=NO)C1. The summed E-state index contributed by atoms with van der Waals surface area (Å²) in [5, 5.41) is 11.3. The first-order chi connectivity index (χ1) is 8.93. The average Bonchev–Trinajstić information content (AvgIpc) is 2.86. The van der Waals surface area contributed by atoms with Gasteiger partial charge in [-0.1, -0.05) is 11.6 Å². The minimum Gasteiger partial charge on any atom is -0.409 e. The van der Waals surface area contributed by atoms with Crippen LogP contribution in [0.2, 0.25) is 0 Å². The smallest absolute Gasteiger partial charge is 0.206 e. The van der Waals surface area contributed by atoms with Crippen molar-refractivity contribution < 1.29 is 13.6 Å². The molecule has 2 atom stereocenters. The minimum absolute atomic E-state index is 0.0197. The van der Waals surface area contributed by atoms with Crippen molar-refractivity contribution in [2.45, 2.75) is 37.0 Å². The predicted octanol–water partition coefficient (Wildman–Crippen LogP) is 0.506. The van der Waals surface area contributed by atoms with Crippen molar-refractivity contribution in [3.8, 4) is 0 Å². The average molecular weight is 286 g/mol. The normalized spacial score (nSPS) is 25.4. The van der Waals surface area contributed by atoms with Crippen molar-refractivity contribution in [1.29, 1.82) is 0 Å².